The third-order valence-electron chi connectivity index (χ3n) is 4.59. The maximum atomic E-state index is 12.2. The first kappa shape index (κ1) is 10.6. The summed E-state index contributed by atoms with van der Waals surface area (Å²) in [5.74, 6) is 1.50. The number of carbonyl (C=O) groups is 1. The fourth-order valence-corrected chi connectivity index (χ4v) is 3.48. The standard InChI is InChI=1S/C13H18N4O/c18-13(12-3-14-8-15-12)17-6-9-4-16(11-1-2-11)5-10(9)7-17/h3,8-11H,1-2,4-7H2,(H,14,15). The summed E-state index contributed by atoms with van der Waals surface area (Å²) >= 11 is 0. The largest absolute Gasteiger partial charge is 0.341 e. The maximum absolute atomic E-state index is 12.2. The van der Waals surface area contributed by atoms with Crippen LogP contribution in [0.3, 0.4) is 0 Å². The Morgan fingerprint density at radius 1 is 1.22 bits per heavy atom. The average molecular weight is 246 g/mol. The van der Waals surface area contributed by atoms with Crippen molar-refractivity contribution in [1.29, 1.82) is 0 Å². The molecule has 0 bridgehead atoms. The van der Waals surface area contributed by atoms with Gasteiger partial charge in [0.25, 0.3) is 5.91 Å². The highest BCUT2D eigenvalue weighted by atomic mass is 16.2. The number of imidazole rings is 1. The number of amides is 1. The lowest BCUT2D eigenvalue weighted by Crippen LogP contribution is -2.34. The fourth-order valence-electron chi connectivity index (χ4n) is 3.48. The fraction of sp³-hybridized carbons (Fsp3) is 0.692. The quantitative estimate of drug-likeness (QED) is 0.830. The molecule has 4 rings (SSSR count). The van der Waals surface area contributed by atoms with Crippen LogP contribution in [0.1, 0.15) is 23.3 Å². The highest BCUT2D eigenvalue weighted by Gasteiger charge is 2.45. The third kappa shape index (κ3) is 1.65. The summed E-state index contributed by atoms with van der Waals surface area (Å²) in [5.41, 5.74) is 0.619. The Bertz CT molecular complexity index is 440. The van der Waals surface area contributed by atoms with Gasteiger partial charge in [-0.3, -0.25) is 9.69 Å². The van der Waals surface area contributed by atoms with Crippen molar-refractivity contribution in [3.05, 3.63) is 18.2 Å². The molecule has 2 atom stereocenters. The third-order valence-corrected chi connectivity index (χ3v) is 4.59. The summed E-state index contributed by atoms with van der Waals surface area (Å²) < 4.78 is 0. The first-order valence-corrected chi connectivity index (χ1v) is 6.83. The van der Waals surface area contributed by atoms with Crippen molar-refractivity contribution in [3.8, 4) is 0 Å². The van der Waals surface area contributed by atoms with Gasteiger partial charge < -0.3 is 9.88 Å². The molecule has 0 aromatic carbocycles. The first-order chi connectivity index (χ1) is 8.81. The Balaban J connectivity index is 1.42. The van der Waals surface area contributed by atoms with Gasteiger partial charge in [0, 0.05) is 32.2 Å². The van der Waals surface area contributed by atoms with Crippen LogP contribution < -0.4 is 0 Å². The minimum atomic E-state index is 0.111. The lowest BCUT2D eigenvalue weighted by atomic mass is 10.0. The highest BCUT2D eigenvalue weighted by molar-refractivity contribution is 5.92. The normalized spacial score (nSPS) is 31.9. The van der Waals surface area contributed by atoms with E-state index in [0.717, 1.165) is 19.1 Å². The molecule has 5 nitrogen and oxygen atoms in total. The van der Waals surface area contributed by atoms with Crippen molar-refractivity contribution in [2.45, 2.75) is 18.9 Å². The number of hydrogen-bond donors (Lipinski definition) is 1. The summed E-state index contributed by atoms with van der Waals surface area (Å²) in [4.78, 5) is 23.7. The Morgan fingerprint density at radius 2 is 1.94 bits per heavy atom. The second-order valence-electron chi connectivity index (χ2n) is 5.88. The van der Waals surface area contributed by atoms with E-state index in [1.54, 1.807) is 12.5 Å². The van der Waals surface area contributed by atoms with Crippen LogP contribution in [0.25, 0.3) is 0 Å². The number of nitrogens with zero attached hydrogens (tertiary/aromatic N) is 3. The molecule has 3 fully saturated rings. The van der Waals surface area contributed by atoms with Gasteiger partial charge in [0.1, 0.15) is 5.69 Å². The number of hydrogen-bond acceptors (Lipinski definition) is 3. The summed E-state index contributed by atoms with van der Waals surface area (Å²) in [6.07, 6.45) is 5.96. The topological polar surface area (TPSA) is 52.2 Å². The Labute approximate surface area is 106 Å². The van der Waals surface area contributed by atoms with Gasteiger partial charge in [-0.1, -0.05) is 0 Å². The van der Waals surface area contributed by atoms with Crippen molar-refractivity contribution < 1.29 is 4.79 Å². The lowest BCUT2D eigenvalue weighted by Gasteiger charge is -2.20. The molecular weight excluding hydrogens is 228 g/mol. The van der Waals surface area contributed by atoms with Gasteiger partial charge in [0.2, 0.25) is 0 Å². The molecule has 18 heavy (non-hydrogen) atoms. The Kier molecular flexibility index (Phi) is 2.24. The van der Waals surface area contributed by atoms with Gasteiger partial charge in [-0.25, -0.2) is 4.98 Å². The molecule has 2 saturated heterocycles. The van der Waals surface area contributed by atoms with Gasteiger partial charge in [-0.15, -0.1) is 0 Å². The Morgan fingerprint density at radius 3 is 2.50 bits per heavy atom. The van der Waals surface area contributed by atoms with E-state index in [4.69, 9.17) is 0 Å². The molecule has 96 valence electrons. The predicted octanol–water partition coefficient (Wildman–Crippen LogP) is 0.576. The van der Waals surface area contributed by atoms with Crippen molar-refractivity contribution in [1.82, 2.24) is 19.8 Å². The molecule has 1 amide bonds. The zero-order valence-corrected chi connectivity index (χ0v) is 10.4. The van der Waals surface area contributed by atoms with E-state index in [1.165, 1.54) is 25.9 Å². The summed E-state index contributed by atoms with van der Waals surface area (Å²) in [5, 5.41) is 0. The summed E-state index contributed by atoms with van der Waals surface area (Å²) in [7, 11) is 0. The highest BCUT2D eigenvalue weighted by Crippen LogP contribution is 2.38. The van der Waals surface area contributed by atoms with Crippen molar-refractivity contribution >= 4 is 5.91 Å². The van der Waals surface area contributed by atoms with E-state index >= 15 is 0 Å². The number of nitrogens with one attached hydrogen (secondary N) is 1. The molecule has 0 spiro atoms. The molecule has 1 N–H and O–H groups in total. The molecule has 1 aliphatic carbocycles. The average Bonchev–Trinajstić information content (AvgIpc) is 2.81. The van der Waals surface area contributed by atoms with E-state index in [9.17, 15) is 4.79 Å². The lowest BCUT2D eigenvalue weighted by molar-refractivity contribution is 0.0768. The van der Waals surface area contributed by atoms with Crippen LogP contribution >= 0.6 is 0 Å². The molecule has 1 saturated carbocycles. The number of aromatic nitrogens is 2. The van der Waals surface area contributed by atoms with Gasteiger partial charge in [0.15, 0.2) is 0 Å². The van der Waals surface area contributed by atoms with E-state index in [1.807, 2.05) is 4.90 Å². The number of aromatic amines is 1. The number of fused-ring (bicyclic) bond motifs is 1. The number of rotatable bonds is 2. The first-order valence-electron chi connectivity index (χ1n) is 6.83. The van der Waals surface area contributed by atoms with Crippen LogP contribution in [0.15, 0.2) is 12.5 Å². The maximum Gasteiger partial charge on any atom is 0.271 e. The predicted molar refractivity (Wildman–Crippen MR) is 66.1 cm³/mol. The second-order valence-corrected chi connectivity index (χ2v) is 5.88. The van der Waals surface area contributed by atoms with Crippen LogP contribution in [0, 0.1) is 11.8 Å². The molecule has 0 radical (unpaired) electrons. The minimum absolute atomic E-state index is 0.111. The molecule has 3 aliphatic rings. The van der Waals surface area contributed by atoms with Crippen LogP contribution in [-0.4, -0.2) is 57.9 Å². The van der Waals surface area contributed by atoms with Gasteiger partial charge in [0.05, 0.1) is 12.5 Å². The summed E-state index contributed by atoms with van der Waals surface area (Å²) in [6.45, 7) is 4.24. The molecule has 2 unspecified atom stereocenters. The van der Waals surface area contributed by atoms with E-state index < -0.39 is 0 Å². The van der Waals surface area contributed by atoms with Crippen LogP contribution in [0.5, 0.6) is 0 Å². The van der Waals surface area contributed by atoms with Gasteiger partial charge in [-0.2, -0.15) is 0 Å². The molecule has 1 aromatic heterocycles. The van der Waals surface area contributed by atoms with Gasteiger partial charge >= 0.3 is 0 Å². The molecular formula is C13H18N4O. The number of carbonyl (C=O) groups excluding carboxylic acids is 1. The van der Waals surface area contributed by atoms with E-state index in [2.05, 4.69) is 14.9 Å². The van der Waals surface area contributed by atoms with Crippen LogP contribution in [-0.2, 0) is 0 Å². The van der Waals surface area contributed by atoms with Crippen molar-refractivity contribution in [2.75, 3.05) is 26.2 Å². The smallest absolute Gasteiger partial charge is 0.271 e. The van der Waals surface area contributed by atoms with E-state index in [-0.39, 0.29) is 5.91 Å². The van der Waals surface area contributed by atoms with Crippen LogP contribution in [0.4, 0.5) is 0 Å². The zero-order valence-electron chi connectivity index (χ0n) is 10.4. The van der Waals surface area contributed by atoms with Crippen molar-refractivity contribution in [3.63, 3.8) is 0 Å². The molecule has 2 aliphatic heterocycles. The second kappa shape index (κ2) is 3.82. The summed E-state index contributed by atoms with van der Waals surface area (Å²) in [6, 6.07) is 0.868. The zero-order chi connectivity index (χ0) is 12.1. The molecule has 5 heteroatoms. The van der Waals surface area contributed by atoms with Crippen molar-refractivity contribution in [2.24, 2.45) is 11.8 Å². The minimum Gasteiger partial charge on any atom is -0.341 e. The molecule has 1 aromatic rings. The Hall–Kier alpha value is -1.36. The monoisotopic (exact) mass is 246 g/mol. The molecule has 3 heterocycles. The van der Waals surface area contributed by atoms with Crippen LogP contribution in [0.2, 0.25) is 0 Å². The number of likely N-dealkylation sites (tertiary alicyclic amines) is 2. The van der Waals surface area contributed by atoms with Gasteiger partial charge in [-0.05, 0) is 24.7 Å². The SMILES string of the molecule is O=C(c1cnc[nH]1)N1CC2CN(C3CC3)CC2C1. The van der Waals surface area contributed by atoms with E-state index in [0.29, 0.717) is 17.5 Å². The number of H-pyrrole nitrogens is 1.